The van der Waals surface area contributed by atoms with E-state index in [2.05, 4.69) is 20.8 Å². The van der Waals surface area contributed by atoms with Crippen LogP contribution in [0.3, 0.4) is 0 Å². The standard InChI is InChI=1S/C10H19O5S.3C4H9.Sn/c1-10(2)13-8-9(15-10)6-4-5-7-14-16(3,11)12;3*1-3-4-2;/h7,9H,4-6,8H2,1-3H3;3*1,3-4H2,2H3;. The van der Waals surface area contributed by atoms with E-state index in [9.17, 15) is 8.42 Å². The van der Waals surface area contributed by atoms with E-state index in [4.69, 9.17) is 13.7 Å². The summed E-state index contributed by atoms with van der Waals surface area (Å²) in [7, 11) is -3.45. The molecule has 2 atom stereocenters. The van der Waals surface area contributed by atoms with Crippen LogP contribution in [0.15, 0.2) is 0 Å². The van der Waals surface area contributed by atoms with Gasteiger partial charge in [0.15, 0.2) is 0 Å². The second kappa shape index (κ2) is 13.2. The fraction of sp³-hybridized carbons (Fsp3) is 1.00. The van der Waals surface area contributed by atoms with Crippen molar-refractivity contribution in [3.63, 3.8) is 0 Å². The molecule has 1 aliphatic heterocycles. The van der Waals surface area contributed by atoms with Crippen LogP contribution in [-0.4, -0.2) is 55.7 Å². The Balaban J connectivity index is 2.95. The molecule has 0 aromatic rings. The van der Waals surface area contributed by atoms with Gasteiger partial charge in [0.1, 0.15) is 0 Å². The van der Waals surface area contributed by atoms with Crippen molar-refractivity contribution in [2.45, 2.75) is 122 Å². The van der Waals surface area contributed by atoms with Crippen LogP contribution in [0.2, 0.25) is 13.3 Å². The maximum absolute atomic E-state index is 12.2. The minimum atomic E-state index is -3.45. The number of ether oxygens (including phenoxy) is 2. The van der Waals surface area contributed by atoms with Crippen molar-refractivity contribution < 1.29 is 22.1 Å². The zero-order valence-corrected chi connectivity index (χ0v) is 23.5. The summed E-state index contributed by atoms with van der Waals surface area (Å²) in [4.78, 5) is 0. The molecule has 0 N–H and O–H groups in total. The monoisotopic (exact) mass is 542 g/mol. The van der Waals surface area contributed by atoms with Crippen LogP contribution in [0.4, 0.5) is 0 Å². The van der Waals surface area contributed by atoms with Crippen LogP contribution in [0.1, 0.15) is 92.4 Å². The van der Waals surface area contributed by atoms with Gasteiger partial charge in [0.25, 0.3) is 0 Å². The van der Waals surface area contributed by atoms with Crippen LogP contribution in [0.25, 0.3) is 0 Å². The molecule has 0 aromatic heterocycles. The number of hydrogen-bond donors (Lipinski definition) is 0. The summed E-state index contributed by atoms with van der Waals surface area (Å²) in [6, 6.07) is 0. The summed E-state index contributed by atoms with van der Waals surface area (Å²) in [6.45, 7) is 11.2. The van der Waals surface area contributed by atoms with Crippen LogP contribution >= 0.6 is 0 Å². The first-order valence-corrected chi connectivity index (χ1v) is 21.3. The molecule has 174 valence electrons. The average Bonchev–Trinajstić information content (AvgIpc) is 2.98. The molecule has 2 unspecified atom stereocenters. The Morgan fingerprint density at radius 1 is 1.00 bits per heavy atom. The molecule has 0 aliphatic carbocycles. The molecule has 1 fully saturated rings. The van der Waals surface area contributed by atoms with Crippen LogP contribution in [-0.2, 0) is 23.8 Å². The first-order chi connectivity index (χ1) is 13.6. The molecule has 1 saturated heterocycles. The van der Waals surface area contributed by atoms with Crippen molar-refractivity contribution in [2.75, 3.05) is 12.9 Å². The SMILES string of the molecule is CCC[CH2][Sn]([CH2]CCC)([CH2]CCC)[CH](CCCC1COC(C)(C)O1)OS(C)(=O)=O. The molecule has 1 rings (SSSR count). The predicted molar refractivity (Wildman–Crippen MR) is 123 cm³/mol. The molecule has 7 heteroatoms. The fourth-order valence-corrected chi connectivity index (χ4v) is 24.8. The predicted octanol–water partition coefficient (Wildman–Crippen LogP) is 6.04. The Morgan fingerprint density at radius 2 is 1.52 bits per heavy atom. The van der Waals surface area contributed by atoms with E-state index in [1.54, 1.807) is 0 Å². The third-order valence-electron chi connectivity index (χ3n) is 6.12. The van der Waals surface area contributed by atoms with Crippen molar-refractivity contribution in [1.82, 2.24) is 0 Å². The van der Waals surface area contributed by atoms with Crippen molar-refractivity contribution in [3.05, 3.63) is 0 Å². The van der Waals surface area contributed by atoms with E-state index >= 15 is 0 Å². The van der Waals surface area contributed by atoms with Gasteiger partial charge in [-0.05, 0) is 0 Å². The van der Waals surface area contributed by atoms with Gasteiger partial charge in [-0.25, -0.2) is 0 Å². The molecular formula is C22H46O5SSn. The number of hydrogen-bond acceptors (Lipinski definition) is 5. The van der Waals surface area contributed by atoms with Crippen LogP contribution in [0.5, 0.6) is 0 Å². The Bertz CT molecular complexity index is 528. The van der Waals surface area contributed by atoms with Crippen molar-refractivity contribution >= 4 is 28.5 Å². The first kappa shape index (κ1) is 27.7. The van der Waals surface area contributed by atoms with E-state index in [1.807, 2.05) is 13.8 Å². The van der Waals surface area contributed by atoms with Crippen molar-refractivity contribution in [3.8, 4) is 0 Å². The summed E-state index contributed by atoms with van der Waals surface area (Å²) in [6.07, 6.45) is 11.2. The molecule has 0 spiro atoms. The molecule has 0 saturated carbocycles. The first-order valence-electron chi connectivity index (χ1n) is 11.8. The molecule has 0 radical (unpaired) electrons. The summed E-state index contributed by atoms with van der Waals surface area (Å²) in [5.41, 5.74) is 0. The van der Waals surface area contributed by atoms with Gasteiger partial charge in [-0.15, -0.1) is 0 Å². The zero-order chi connectivity index (χ0) is 22.0. The maximum atomic E-state index is 12.2. The van der Waals surface area contributed by atoms with E-state index in [1.165, 1.54) is 58.1 Å². The van der Waals surface area contributed by atoms with Gasteiger partial charge in [-0.2, -0.15) is 0 Å². The molecule has 29 heavy (non-hydrogen) atoms. The quantitative estimate of drug-likeness (QED) is 0.176. The third-order valence-corrected chi connectivity index (χ3v) is 23.8. The Kier molecular flexibility index (Phi) is 12.6. The number of unbranched alkanes of at least 4 members (excludes halogenated alkanes) is 3. The topological polar surface area (TPSA) is 61.8 Å². The Hall–Kier alpha value is 0.629. The van der Waals surface area contributed by atoms with Crippen molar-refractivity contribution in [2.24, 2.45) is 0 Å². The molecular weight excluding hydrogens is 495 g/mol. The van der Waals surface area contributed by atoms with Gasteiger partial charge in [0, 0.05) is 0 Å². The van der Waals surface area contributed by atoms with Crippen LogP contribution < -0.4 is 0 Å². The molecule has 5 nitrogen and oxygen atoms in total. The van der Waals surface area contributed by atoms with Gasteiger partial charge in [0.2, 0.25) is 0 Å². The van der Waals surface area contributed by atoms with E-state index in [0.717, 1.165) is 19.3 Å². The van der Waals surface area contributed by atoms with Crippen molar-refractivity contribution in [1.29, 1.82) is 0 Å². The molecule has 1 heterocycles. The van der Waals surface area contributed by atoms with Gasteiger partial charge in [0.05, 0.1) is 0 Å². The van der Waals surface area contributed by atoms with Gasteiger partial charge in [-0.1, -0.05) is 0 Å². The van der Waals surface area contributed by atoms with E-state index in [0.29, 0.717) is 6.61 Å². The molecule has 0 amide bonds. The van der Waals surface area contributed by atoms with E-state index < -0.39 is 34.3 Å². The number of rotatable bonds is 16. The third kappa shape index (κ3) is 10.7. The average molecular weight is 541 g/mol. The second-order valence-electron chi connectivity index (χ2n) is 9.34. The minimum absolute atomic E-state index is 0.0423. The summed E-state index contributed by atoms with van der Waals surface area (Å²) >= 11 is -2.81. The fourth-order valence-electron chi connectivity index (χ4n) is 4.55. The van der Waals surface area contributed by atoms with E-state index in [-0.39, 0.29) is 10.2 Å². The molecule has 0 bridgehead atoms. The van der Waals surface area contributed by atoms with Gasteiger partial charge >= 0.3 is 185 Å². The summed E-state index contributed by atoms with van der Waals surface area (Å²) in [5.74, 6) is -0.500. The Morgan fingerprint density at radius 3 is 1.90 bits per heavy atom. The summed E-state index contributed by atoms with van der Waals surface area (Å²) < 4.78 is 45.6. The second-order valence-corrected chi connectivity index (χ2v) is 24.8. The zero-order valence-electron chi connectivity index (χ0n) is 19.8. The molecule has 1 aliphatic rings. The van der Waals surface area contributed by atoms with Crippen LogP contribution in [0, 0.1) is 0 Å². The molecule has 0 aromatic carbocycles. The van der Waals surface area contributed by atoms with Gasteiger partial charge in [-0.3, -0.25) is 0 Å². The summed E-state index contributed by atoms with van der Waals surface area (Å²) in [5, 5.41) is 0. The Labute approximate surface area is 184 Å². The normalized spacial score (nSPS) is 20.8. The van der Waals surface area contributed by atoms with Gasteiger partial charge < -0.3 is 0 Å².